The minimum Gasteiger partial charge on any atom is -0.497 e. The van der Waals surface area contributed by atoms with Gasteiger partial charge in [0.25, 0.3) is 6.33 Å². The Morgan fingerprint density at radius 1 is 0.657 bits per heavy atom. The molecule has 0 unspecified atom stereocenters. The largest absolute Gasteiger partial charge is 0.497 e. The van der Waals surface area contributed by atoms with Crippen LogP contribution in [0.2, 0.25) is 0 Å². The van der Waals surface area contributed by atoms with Crippen molar-refractivity contribution in [1.29, 1.82) is 0 Å². The summed E-state index contributed by atoms with van der Waals surface area (Å²) in [6.45, 7) is 10.7. The van der Waals surface area contributed by atoms with Crippen LogP contribution in [0.5, 0.6) is 23.0 Å². The number of aromatic nitrogens is 4. The van der Waals surface area contributed by atoms with Crippen molar-refractivity contribution in [3.8, 4) is 23.0 Å². The zero-order chi connectivity index (χ0) is 25.5. The molecule has 8 heteroatoms. The molecule has 2 heterocycles. The second kappa shape index (κ2) is 8.83. The predicted molar refractivity (Wildman–Crippen MR) is 135 cm³/mol. The van der Waals surface area contributed by atoms with Gasteiger partial charge in [-0.05, 0) is 26.0 Å². The highest BCUT2D eigenvalue weighted by Gasteiger charge is 2.36. The average molecular weight is 478 g/mol. The molecule has 0 bridgehead atoms. The van der Waals surface area contributed by atoms with Crippen LogP contribution in [-0.4, -0.2) is 43.4 Å². The normalized spacial score (nSPS) is 12.1. The number of hydrogen-bond acceptors (Lipinski definition) is 7. The molecule has 0 aliphatic carbocycles. The van der Waals surface area contributed by atoms with Gasteiger partial charge < -0.3 is 18.9 Å². The molecule has 0 saturated heterocycles. The lowest BCUT2D eigenvalue weighted by Crippen LogP contribution is -2.54. The number of hydrogen-bond donors (Lipinski definition) is 0. The number of ether oxygens (including phenoxy) is 4. The number of benzene rings is 2. The lowest BCUT2D eigenvalue weighted by Gasteiger charge is -2.26. The van der Waals surface area contributed by atoms with Crippen molar-refractivity contribution < 1.29 is 23.5 Å². The Balaban J connectivity index is 2.08. The van der Waals surface area contributed by atoms with Crippen molar-refractivity contribution >= 4 is 21.8 Å². The van der Waals surface area contributed by atoms with Crippen LogP contribution >= 0.6 is 0 Å². The molecule has 184 valence electrons. The second-order valence-corrected chi connectivity index (χ2v) is 9.94. The molecule has 0 aliphatic heterocycles. The van der Waals surface area contributed by atoms with Gasteiger partial charge in [-0.1, -0.05) is 25.8 Å². The lowest BCUT2D eigenvalue weighted by molar-refractivity contribution is -0.726. The summed E-state index contributed by atoms with van der Waals surface area (Å²) < 4.78 is 24.5. The molecular formula is C27H33N4O4+. The van der Waals surface area contributed by atoms with Crippen LogP contribution in [0.25, 0.3) is 21.8 Å². The SMILES string of the molecule is COc1cc(OC)c2ncnc(C(C)(C)[n+]3cnc(C(C)(C)C)c4cc(OC)c(OC)cc43)c2c1. The van der Waals surface area contributed by atoms with E-state index in [9.17, 15) is 0 Å². The summed E-state index contributed by atoms with van der Waals surface area (Å²) in [4.78, 5) is 14.2. The van der Waals surface area contributed by atoms with Crippen LogP contribution in [-0.2, 0) is 11.0 Å². The van der Waals surface area contributed by atoms with E-state index in [1.807, 2.05) is 30.6 Å². The molecule has 35 heavy (non-hydrogen) atoms. The third-order valence-corrected chi connectivity index (χ3v) is 6.34. The van der Waals surface area contributed by atoms with Crippen LogP contribution < -0.4 is 23.5 Å². The van der Waals surface area contributed by atoms with Gasteiger partial charge in [-0.25, -0.2) is 14.5 Å². The van der Waals surface area contributed by atoms with Crippen molar-refractivity contribution in [2.45, 2.75) is 45.6 Å². The molecule has 2 aromatic carbocycles. The monoisotopic (exact) mass is 477 g/mol. The van der Waals surface area contributed by atoms with E-state index in [2.05, 4.69) is 44.2 Å². The summed E-state index contributed by atoms with van der Waals surface area (Å²) in [6.07, 6.45) is 3.44. The molecule has 0 saturated carbocycles. The van der Waals surface area contributed by atoms with Crippen LogP contribution in [0, 0.1) is 0 Å². The molecule has 0 atom stereocenters. The molecule has 4 aromatic rings. The van der Waals surface area contributed by atoms with Crippen molar-refractivity contribution in [1.82, 2.24) is 15.0 Å². The summed E-state index contributed by atoms with van der Waals surface area (Å²) in [6, 6.07) is 7.76. The molecule has 0 spiro atoms. The summed E-state index contributed by atoms with van der Waals surface area (Å²) in [7, 11) is 6.54. The van der Waals surface area contributed by atoms with Gasteiger partial charge in [-0.3, -0.25) is 0 Å². The fourth-order valence-corrected chi connectivity index (χ4v) is 4.53. The minimum absolute atomic E-state index is 0.177. The molecule has 0 N–H and O–H groups in total. The summed E-state index contributed by atoms with van der Waals surface area (Å²) in [5, 5.41) is 1.83. The first-order valence-electron chi connectivity index (χ1n) is 11.4. The first-order chi connectivity index (χ1) is 16.6. The Bertz CT molecular complexity index is 1410. The highest BCUT2D eigenvalue weighted by Crippen LogP contribution is 2.38. The zero-order valence-electron chi connectivity index (χ0n) is 21.9. The van der Waals surface area contributed by atoms with E-state index in [0.717, 1.165) is 33.2 Å². The zero-order valence-corrected chi connectivity index (χ0v) is 21.9. The van der Waals surface area contributed by atoms with E-state index in [0.29, 0.717) is 23.0 Å². The van der Waals surface area contributed by atoms with Crippen LogP contribution in [0.3, 0.4) is 0 Å². The minimum atomic E-state index is -0.625. The first-order valence-corrected chi connectivity index (χ1v) is 11.4. The van der Waals surface area contributed by atoms with Gasteiger partial charge in [0.15, 0.2) is 17.2 Å². The molecule has 0 amide bonds. The van der Waals surface area contributed by atoms with E-state index in [1.54, 1.807) is 34.8 Å². The number of fused-ring (bicyclic) bond motifs is 2. The van der Waals surface area contributed by atoms with Crippen molar-refractivity contribution in [2.75, 3.05) is 28.4 Å². The number of rotatable bonds is 6. The van der Waals surface area contributed by atoms with Gasteiger partial charge in [0.2, 0.25) is 0 Å². The average Bonchev–Trinajstić information content (AvgIpc) is 2.85. The molecule has 0 fully saturated rings. The van der Waals surface area contributed by atoms with Crippen LogP contribution in [0.15, 0.2) is 36.9 Å². The Hall–Kier alpha value is -3.68. The van der Waals surface area contributed by atoms with Crippen LogP contribution in [0.4, 0.5) is 0 Å². The molecular weight excluding hydrogens is 444 g/mol. The Morgan fingerprint density at radius 2 is 1.31 bits per heavy atom. The van der Waals surface area contributed by atoms with E-state index in [4.69, 9.17) is 28.9 Å². The second-order valence-electron chi connectivity index (χ2n) is 9.94. The Kier molecular flexibility index (Phi) is 6.17. The number of nitrogens with zero attached hydrogens (tertiary/aromatic N) is 4. The smallest absolute Gasteiger partial charge is 0.287 e. The Morgan fingerprint density at radius 3 is 1.91 bits per heavy atom. The lowest BCUT2D eigenvalue weighted by atomic mass is 9.88. The fraction of sp³-hybridized carbons (Fsp3) is 0.407. The third-order valence-electron chi connectivity index (χ3n) is 6.34. The van der Waals surface area contributed by atoms with Gasteiger partial charge in [0.1, 0.15) is 34.4 Å². The van der Waals surface area contributed by atoms with E-state index < -0.39 is 5.54 Å². The quantitative estimate of drug-likeness (QED) is 0.376. The molecule has 8 nitrogen and oxygen atoms in total. The molecule has 0 radical (unpaired) electrons. The first kappa shape index (κ1) is 24.4. The molecule has 4 rings (SSSR count). The maximum atomic E-state index is 5.66. The van der Waals surface area contributed by atoms with E-state index >= 15 is 0 Å². The maximum absolute atomic E-state index is 5.66. The topological polar surface area (TPSA) is 79.5 Å². The maximum Gasteiger partial charge on any atom is 0.287 e. The van der Waals surface area contributed by atoms with Gasteiger partial charge in [-0.2, -0.15) is 0 Å². The van der Waals surface area contributed by atoms with Gasteiger partial charge in [0.05, 0.1) is 39.5 Å². The standard InChI is InChI=1S/C27H33N4O4/c1-26(2,3)24-17-12-20(33-7)21(34-8)13-19(17)31(15-30-24)27(4,5)25-18-10-16(32-6)11-22(35-9)23(18)28-14-29-25/h10-15H,1-9H3/q+1. The fourth-order valence-electron chi connectivity index (χ4n) is 4.53. The number of methoxy groups -OCH3 is 4. The van der Waals surface area contributed by atoms with Crippen LogP contribution in [0.1, 0.15) is 46.0 Å². The van der Waals surface area contributed by atoms with Crippen molar-refractivity contribution in [3.63, 3.8) is 0 Å². The summed E-state index contributed by atoms with van der Waals surface area (Å²) in [5.74, 6) is 2.60. The van der Waals surface area contributed by atoms with Gasteiger partial charge >= 0.3 is 0 Å². The van der Waals surface area contributed by atoms with Crippen molar-refractivity contribution in [2.24, 2.45) is 0 Å². The highest BCUT2D eigenvalue weighted by atomic mass is 16.5. The van der Waals surface area contributed by atoms with Gasteiger partial charge in [0, 0.05) is 22.9 Å². The summed E-state index contributed by atoms with van der Waals surface area (Å²) in [5.41, 5.74) is 2.65. The third kappa shape index (κ3) is 4.07. The van der Waals surface area contributed by atoms with Gasteiger partial charge in [-0.15, -0.1) is 0 Å². The van der Waals surface area contributed by atoms with Crippen molar-refractivity contribution in [3.05, 3.63) is 48.3 Å². The predicted octanol–water partition coefficient (Wildman–Crippen LogP) is 4.58. The highest BCUT2D eigenvalue weighted by molar-refractivity contribution is 5.89. The Labute approximate surface area is 205 Å². The molecule has 2 aromatic heterocycles. The summed E-state index contributed by atoms with van der Waals surface area (Å²) >= 11 is 0. The van der Waals surface area contributed by atoms with E-state index in [1.165, 1.54) is 0 Å². The van der Waals surface area contributed by atoms with E-state index in [-0.39, 0.29) is 5.41 Å². The molecule has 0 aliphatic rings.